The molecule has 0 atom stereocenters. The quantitative estimate of drug-likeness (QED) is 0.733. The second kappa shape index (κ2) is 6.67. The minimum absolute atomic E-state index is 0.230. The predicted octanol–water partition coefficient (Wildman–Crippen LogP) is 3.09. The molecule has 0 aliphatic heterocycles. The van der Waals surface area contributed by atoms with Gasteiger partial charge in [-0.1, -0.05) is 41.4 Å². The highest BCUT2D eigenvalue weighted by atomic mass is 35.5. The van der Waals surface area contributed by atoms with Crippen LogP contribution in [0.25, 0.3) is 22.4 Å². The van der Waals surface area contributed by atoms with E-state index in [1.54, 1.807) is 41.0 Å². The largest absolute Gasteiger partial charge is 0.314 e. The summed E-state index contributed by atoms with van der Waals surface area (Å²) in [5.74, 6) is -0.248. The molecular formula is C16H13Cl2N3O3S. The van der Waals surface area contributed by atoms with Crippen molar-refractivity contribution in [2.45, 2.75) is 6.54 Å². The molecule has 0 saturated heterocycles. The molecule has 9 heteroatoms. The summed E-state index contributed by atoms with van der Waals surface area (Å²) in [6, 6.07) is 12.3. The van der Waals surface area contributed by atoms with Crippen molar-refractivity contribution < 1.29 is 13.2 Å². The molecule has 130 valence electrons. The van der Waals surface area contributed by atoms with E-state index in [9.17, 15) is 13.2 Å². The summed E-state index contributed by atoms with van der Waals surface area (Å²) >= 11 is 12.4. The van der Waals surface area contributed by atoms with Gasteiger partial charge in [-0.15, -0.1) is 0 Å². The minimum atomic E-state index is -3.65. The number of sulfonamides is 1. The Kier molecular flexibility index (Phi) is 4.73. The molecule has 1 amide bonds. The van der Waals surface area contributed by atoms with E-state index >= 15 is 0 Å². The SMILES string of the molecule is CS(=O)(=O)NC(=O)Cn1c(-c2cccc(Cl)c2Cl)nc2ccccc21. The van der Waals surface area contributed by atoms with Crippen LogP contribution in [0.1, 0.15) is 0 Å². The normalized spacial score (nSPS) is 11.6. The van der Waals surface area contributed by atoms with E-state index in [-0.39, 0.29) is 6.54 Å². The van der Waals surface area contributed by atoms with Gasteiger partial charge < -0.3 is 4.57 Å². The number of nitrogens with one attached hydrogen (secondary N) is 1. The molecule has 2 aromatic carbocycles. The van der Waals surface area contributed by atoms with Gasteiger partial charge in [-0.25, -0.2) is 13.4 Å². The van der Waals surface area contributed by atoms with Crippen molar-refractivity contribution >= 4 is 50.2 Å². The Balaban J connectivity index is 2.16. The van der Waals surface area contributed by atoms with Crippen molar-refractivity contribution in [3.05, 3.63) is 52.5 Å². The molecule has 1 heterocycles. The van der Waals surface area contributed by atoms with Crippen molar-refractivity contribution in [1.29, 1.82) is 0 Å². The topological polar surface area (TPSA) is 81.1 Å². The van der Waals surface area contributed by atoms with Gasteiger partial charge in [0.05, 0.1) is 27.3 Å². The zero-order valence-corrected chi connectivity index (χ0v) is 15.4. The highest BCUT2D eigenvalue weighted by Gasteiger charge is 2.19. The van der Waals surface area contributed by atoms with Gasteiger partial charge in [0.15, 0.2) is 0 Å². The zero-order chi connectivity index (χ0) is 18.2. The van der Waals surface area contributed by atoms with Gasteiger partial charge in [-0.05, 0) is 24.3 Å². The molecule has 3 aromatic rings. The van der Waals surface area contributed by atoms with E-state index < -0.39 is 15.9 Å². The Bertz CT molecular complexity index is 1080. The summed E-state index contributed by atoms with van der Waals surface area (Å²) in [6.45, 7) is -0.230. The van der Waals surface area contributed by atoms with Crippen molar-refractivity contribution in [3.63, 3.8) is 0 Å². The molecular weight excluding hydrogens is 385 g/mol. The fourth-order valence-corrected chi connectivity index (χ4v) is 3.36. The van der Waals surface area contributed by atoms with Gasteiger partial charge in [0, 0.05) is 5.56 Å². The number of benzene rings is 2. The Hall–Kier alpha value is -2.09. The van der Waals surface area contributed by atoms with Crippen LogP contribution in [-0.4, -0.2) is 30.1 Å². The van der Waals surface area contributed by atoms with Crippen LogP contribution in [0.3, 0.4) is 0 Å². The summed E-state index contributed by atoms with van der Waals surface area (Å²) in [7, 11) is -3.65. The molecule has 0 fully saturated rings. The maximum absolute atomic E-state index is 12.1. The number of amides is 1. The monoisotopic (exact) mass is 397 g/mol. The first-order valence-corrected chi connectivity index (χ1v) is 9.81. The second-order valence-electron chi connectivity index (χ2n) is 5.41. The number of nitrogens with zero attached hydrogens (tertiary/aromatic N) is 2. The number of aromatic nitrogens is 2. The summed E-state index contributed by atoms with van der Waals surface area (Å²) in [6.07, 6.45) is 0.922. The van der Waals surface area contributed by atoms with Gasteiger partial charge in [-0.3, -0.25) is 9.52 Å². The second-order valence-corrected chi connectivity index (χ2v) is 7.94. The summed E-state index contributed by atoms with van der Waals surface area (Å²) in [5, 5.41) is 0.669. The zero-order valence-electron chi connectivity index (χ0n) is 13.0. The Labute approximate surface area is 154 Å². The molecule has 1 N–H and O–H groups in total. The number of halogens is 2. The smallest absolute Gasteiger partial charge is 0.253 e. The van der Waals surface area contributed by atoms with E-state index in [0.29, 0.717) is 32.5 Å². The summed E-state index contributed by atoms with van der Waals surface area (Å²) in [5.41, 5.74) is 1.88. The molecule has 0 unspecified atom stereocenters. The number of carbonyl (C=O) groups excluding carboxylic acids is 1. The van der Waals surface area contributed by atoms with E-state index in [4.69, 9.17) is 23.2 Å². The van der Waals surface area contributed by atoms with Crippen LogP contribution in [0.15, 0.2) is 42.5 Å². The predicted molar refractivity (Wildman–Crippen MR) is 98.2 cm³/mol. The summed E-state index contributed by atoms with van der Waals surface area (Å²) in [4.78, 5) is 16.6. The average molecular weight is 398 g/mol. The number of carbonyl (C=O) groups is 1. The molecule has 0 radical (unpaired) electrons. The third-order valence-corrected chi connectivity index (χ3v) is 4.87. The lowest BCUT2D eigenvalue weighted by atomic mass is 10.2. The molecule has 0 saturated carbocycles. The maximum atomic E-state index is 12.1. The third kappa shape index (κ3) is 3.78. The number of hydrogen-bond acceptors (Lipinski definition) is 4. The maximum Gasteiger partial charge on any atom is 0.253 e. The van der Waals surface area contributed by atoms with E-state index in [0.717, 1.165) is 6.26 Å². The lowest BCUT2D eigenvalue weighted by molar-refractivity contribution is -0.119. The van der Waals surface area contributed by atoms with E-state index in [2.05, 4.69) is 4.98 Å². The Morgan fingerprint density at radius 2 is 1.88 bits per heavy atom. The standard InChI is InChI=1S/C16H13Cl2N3O3S/c1-25(23,24)20-14(22)9-21-13-8-3-2-7-12(13)19-16(21)10-5-4-6-11(17)15(10)18/h2-8H,9H2,1H3,(H,20,22). The Morgan fingerprint density at radius 1 is 1.16 bits per heavy atom. The van der Waals surface area contributed by atoms with Gasteiger partial charge in [0.2, 0.25) is 10.0 Å². The van der Waals surface area contributed by atoms with Crippen LogP contribution in [-0.2, 0) is 21.4 Å². The fourth-order valence-electron chi connectivity index (χ4n) is 2.50. The van der Waals surface area contributed by atoms with Gasteiger partial charge in [0.1, 0.15) is 12.4 Å². The van der Waals surface area contributed by atoms with Gasteiger partial charge in [-0.2, -0.15) is 0 Å². The first-order chi connectivity index (χ1) is 11.8. The number of fused-ring (bicyclic) bond motifs is 1. The van der Waals surface area contributed by atoms with Crippen molar-refractivity contribution in [2.75, 3.05) is 6.26 Å². The molecule has 1 aromatic heterocycles. The number of para-hydroxylation sites is 2. The van der Waals surface area contributed by atoms with Crippen LogP contribution >= 0.6 is 23.2 Å². The first kappa shape index (κ1) is 17.7. The number of imidazole rings is 1. The van der Waals surface area contributed by atoms with E-state index in [1.165, 1.54) is 0 Å². The van der Waals surface area contributed by atoms with Gasteiger partial charge >= 0.3 is 0 Å². The third-order valence-electron chi connectivity index (χ3n) is 3.45. The van der Waals surface area contributed by atoms with Crippen LogP contribution in [0.2, 0.25) is 10.0 Å². The fraction of sp³-hybridized carbons (Fsp3) is 0.125. The molecule has 6 nitrogen and oxygen atoms in total. The average Bonchev–Trinajstić information content (AvgIpc) is 2.87. The molecule has 0 aliphatic rings. The van der Waals surface area contributed by atoms with Crippen LogP contribution in [0, 0.1) is 0 Å². The van der Waals surface area contributed by atoms with E-state index in [1.807, 2.05) is 10.8 Å². The molecule has 0 bridgehead atoms. The number of rotatable bonds is 4. The minimum Gasteiger partial charge on any atom is -0.314 e. The lowest BCUT2D eigenvalue weighted by Crippen LogP contribution is -2.32. The van der Waals surface area contributed by atoms with Crippen molar-refractivity contribution in [1.82, 2.24) is 14.3 Å². The highest BCUT2D eigenvalue weighted by Crippen LogP contribution is 2.34. The molecule has 0 spiro atoms. The van der Waals surface area contributed by atoms with Crippen molar-refractivity contribution in [3.8, 4) is 11.4 Å². The number of hydrogen-bond donors (Lipinski definition) is 1. The Morgan fingerprint density at radius 3 is 2.60 bits per heavy atom. The first-order valence-electron chi connectivity index (χ1n) is 7.16. The van der Waals surface area contributed by atoms with Crippen LogP contribution < -0.4 is 4.72 Å². The lowest BCUT2D eigenvalue weighted by Gasteiger charge is -2.11. The molecule has 0 aliphatic carbocycles. The van der Waals surface area contributed by atoms with Crippen LogP contribution in [0.5, 0.6) is 0 Å². The van der Waals surface area contributed by atoms with Crippen LogP contribution in [0.4, 0.5) is 0 Å². The molecule has 3 rings (SSSR count). The summed E-state index contributed by atoms with van der Waals surface area (Å²) < 4.78 is 26.1. The van der Waals surface area contributed by atoms with Crippen molar-refractivity contribution in [2.24, 2.45) is 0 Å². The highest BCUT2D eigenvalue weighted by molar-refractivity contribution is 7.89. The molecule has 25 heavy (non-hydrogen) atoms. The van der Waals surface area contributed by atoms with Gasteiger partial charge in [0.25, 0.3) is 5.91 Å².